The number of likely N-dealkylation sites (tertiary alicyclic amines) is 1. The smallest absolute Gasteiger partial charge is 0.383 e. The second-order valence-corrected chi connectivity index (χ2v) is 5.82. The number of rotatable bonds is 5. The first-order valence-electron chi connectivity index (χ1n) is 7.49. The van der Waals surface area contributed by atoms with Crippen LogP contribution in [0, 0.1) is 5.92 Å². The Morgan fingerprint density at radius 1 is 1.46 bits per heavy atom. The molecule has 0 saturated carbocycles. The number of hydrogen-bond donors (Lipinski definition) is 1. The molecule has 0 aromatic heterocycles. The van der Waals surface area contributed by atoms with E-state index in [0.717, 1.165) is 12.1 Å². The van der Waals surface area contributed by atoms with Crippen molar-refractivity contribution in [3.8, 4) is 0 Å². The van der Waals surface area contributed by atoms with E-state index in [1.807, 2.05) is 6.92 Å². The number of halogens is 3. The van der Waals surface area contributed by atoms with E-state index in [-0.39, 0.29) is 30.6 Å². The lowest BCUT2D eigenvalue weighted by atomic mass is 10.1. The Labute approximate surface area is 137 Å². The third-order valence-electron chi connectivity index (χ3n) is 3.93. The lowest BCUT2D eigenvalue weighted by Gasteiger charge is -2.23. The van der Waals surface area contributed by atoms with Gasteiger partial charge >= 0.3 is 6.18 Å². The fraction of sp³-hybridized carbons (Fsp3) is 0.500. The molecule has 1 aromatic rings. The molecule has 1 aliphatic heterocycles. The number of alkyl halides is 3. The molecule has 1 N–H and O–H groups in total. The molecule has 2 atom stereocenters. The van der Waals surface area contributed by atoms with Crippen LogP contribution in [0.5, 0.6) is 0 Å². The number of benzene rings is 1. The van der Waals surface area contributed by atoms with Gasteiger partial charge in [-0.15, -0.1) is 0 Å². The topological polar surface area (TPSA) is 58.6 Å². The van der Waals surface area contributed by atoms with Crippen LogP contribution < -0.4 is 5.32 Å². The lowest BCUT2D eigenvalue weighted by Crippen LogP contribution is -2.38. The Morgan fingerprint density at radius 2 is 2.17 bits per heavy atom. The van der Waals surface area contributed by atoms with E-state index in [1.165, 1.54) is 19.2 Å². The van der Waals surface area contributed by atoms with Crippen molar-refractivity contribution in [1.82, 2.24) is 4.90 Å². The normalized spacial score (nSPS) is 19.5. The second-order valence-electron chi connectivity index (χ2n) is 5.82. The van der Waals surface area contributed by atoms with Gasteiger partial charge in [0.25, 0.3) is 0 Å². The molecule has 2 amide bonds. The number of nitrogens with one attached hydrogen (secondary N) is 1. The first kappa shape index (κ1) is 18.3. The summed E-state index contributed by atoms with van der Waals surface area (Å²) in [7, 11) is 1.52. The number of ether oxygens (including phenoxy) is 1. The Hall–Kier alpha value is -2.09. The van der Waals surface area contributed by atoms with E-state index in [0.29, 0.717) is 6.61 Å². The van der Waals surface area contributed by atoms with E-state index in [9.17, 15) is 22.8 Å². The fourth-order valence-electron chi connectivity index (χ4n) is 2.68. The highest BCUT2D eigenvalue weighted by Crippen LogP contribution is 2.31. The maximum atomic E-state index is 12.7. The summed E-state index contributed by atoms with van der Waals surface area (Å²) in [6.07, 6.45) is -4.44. The first-order valence-corrected chi connectivity index (χ1v) is 7.49. The molecular formula is C16H19F3N2O3. The van der Waals surface area contributed by atoms with Gasteiger partial charge in [0.05, 0.1) is 24.1 Å². The molecule has 1 saturated heterocycles. The zero-order chi connectivity index (χ0) is 17.9. The number of amides is 2. The summed E-state index contributed by atoms with van der Waals surface area (Å²) in [4.78, 5) is 25.8. The summed E-state index contributed by atoms with van der Waals surface area (Å²) in [6, 6.07) is 4.26. The number of nitrogens with zero attached hydrogens (tertiary/aromatic N) is 1. The summed E-state index contributed by atoms with van der Waals surface area (Å²) < 4.78 is 43.1. The van der Waals surface area contributed by atoms with Gasteiger partial charge in [0.1, 0.15) is 0 Å². The second kappa shape index (κ2) is 7.21. The fourth-order valence-corrected chi connectivity index (χ4v) is 2.68. The van der Waals surface area contributed by atoms with Gasteiger partial charge < -0.3 is 15.0 Å². The molecule has 5 nitrogen and oxygen atoms in total. The van der Waals surface area contributed by atoms with Gasteiger partial charge in [-0.05, 0) is 25.1 Å². The molecule has 1 fully saturated rings. The molecular weight excluding hydrogens is 325 g/mol. The van der Waals surface area contributed by atoms with Gasteiger partial charge in [-0.2, -0.15) is 13.2 Å². The quantitative estimate of drug-likeness (QED) is 0.893. The molecule has 1 aliphatic rings. The van der Waals surface area contributed by atoms with Crippen LogP contribution in [0.4, 0.5) is 18.9 Å². The number of carbonyl (C=O) groups excluding carboxylic acids is 2. The molecule has 1 heterocycles. The summed E-state index contributed by atoms with van der Waals surface area (Å²) in [5.74, 6) is -1.22. The maximum Gasteiger partial charge on any atom is 0.416 e. The molecule has 0 spiro atoms. The summed E-state index contributed by atoms with van der Waals surface area (Å²) >= 11 is 0. The zero-order valence-corrected chi connectivity index (χ0v) is 13.4. The zero-order valence-electron chi connectivity index (χ0n) is 13.4. The van der Waals surface area contributed by atoms with Crippen LogP contribution in [0.3, 0.4) is 0 Å². The standard InChI is InChI=1S/C16H19F3N2O3/c1-10(9-24-2)21-8-11(6-14(21)22)15(23)20-13-5-3-4-12(7-13)16(17,18)19/h3-5,7,10-11H,6,8-9H2,1-2H3,(H,20,23)/t10-,11+/m0/s1. The Bertz CT molecular complexity index is 619. The molecule has 132 valence electrons. The van der Waals surface area contributed by atoms with Gasteiger partial charge in [0, 0.05) is 25.8 Å². The van der Waals surface area contributed by atoms with Gasteiger partial charge in [-0.3, -0.25) is 9.59 Å². The SMILES string of the molecule is COC[C@H](C)N1C[C@H](C(=O)Nc2cccc(C(F)(F)F)c2)CC1=O. The molecule has 0 radical (unpaired) electrons. The van der Waals surface area contributed by atoms with Crippen molar-refractivity contribution < 1.29 is 27.5 Å². The largest absolute Gasteiger partial charge is 0.416 e. The Balaban J connectivity index is 2.02. The highest BCUT2D eigenvalue weighted by molar-refractivity contribution is 5.97. The van der Waals surface area contributed by atoms with Crippen molar-refractivity contribution >= 4 is 17.5 Å². The minimum Gasteiger partial charge on any atom is -0.383 e. The van der Waals surface area contributed by atoms with Crippen molar-refractivity contribution in [2.24, 2.45) is 5.92 Å². The van der Waals surface area contributed by atoms with Crippen LogP contribution in [-0.2, 0) is 20.5 Å². The summed E-state index contributed by atoms with van der Waals surface area (Å²) in [5.41, 5.74) is -0.774. The van der Waals surface area contributed by atoms with Gasteiger partial charge in [-0.1, -0.05) is 6.07 Å². The van der Waals surface area contributed by atoms with Crippen molar-refractivity contribution in [1.29, 1.82) is 0 Å². The van der Waals surface area contributed by atoms with Crippen molar-refractivity contribution in [3.63, 3.8) is 0 Å². The van der Waals surface area contributed by atoms with Crippen LogP contribution in [0.1, 0.15) is 18.9 Å². The predicted octanol–water partition coefficient (Wildman–Crippen LogP) is 2.53. The third-order valence-corrected chi connectivity index (χ3v) is 3.93. The number of methoxy groups -OCH3 is 1. The van der Waals surface area contributed by atoms with Gasteiger partial charge in [-0.25, -0.2) is 0 Å². The van der Waals surface area contributed by atoms with Crippen molar-refractivity contribution in [2.75, 3.05) is 25.6 Å². The van der Waals surface area contributed by atoms with Crippen LogP contribution >= 0.6 is 0 Å². The van der Waals surface area contributed by atoms with Crippen molar-refractivity contribution in [3.05, 3.63) is 29.8 Å². The van der Waals surface area contributed by atoms with E-state index in [1.54, 1.807) is 4.90 Å². The van der Waals surface area contributed by atoms with Crippen LogP contribution in [0.25, 0.3) is 0 Å². The monoisotopic (exact) mass is 344 g/mol. The average molecular weight is 344 g/mol. The summed E-state index contributed by atoms with van der Waals surface area (Å²) in [6.45, 7) is 2.40. The minimum absolute atomic E-state index is 0.0405. The first-order chi connectivity index (χ1) is 11.2. The van der Waals surface area contributed by atoms with Crippen LogP contribution in [0.2, 0.25) is 0 Å². The molecule has 24 heavy (non-hydrogen) atoms. The Kier molecular flexibility index (Phi) is 5.48. The molecule has 0 aliphatic carbocycles. The van der Waals surface area contributed by atoms with E-state index in [2.05, 4.69) is 5.32 Å². The predicted molar refractivity (Wildman–Crippen MR) is 81.2 cm³/mol. The van der Waals surface area contributed by atoms with Gasteiger partial charge in [0.15, 0.2) is 0 Å². The van der Waals surface area contributed by atoms with Crippen molar-refractivity contribution in [2.45, 2.75) is 25.6 Å². The van der Waals surface area contributed by atoms with E-state index < -0.39 is 23.6 Å². The summed E-state index contributed by atoms with van der Waals surface area (Å²) in [5, 5.41) is 2.46. The number of anilines is 1. The number of carbonyl (C=O) groups is 2. The minimum atomic E-state index is -4.48. The molecule has 0 unspecified atom stereocenters. The van der Waals surface area contributed by atoms with E-state index >= 15 is 0 Å². The van der Waals surface area contributed by atoms with Gasteiger partial charge in [0.2, 0.25) is 11.8 Å². The average Bonchev–Trinajstić information content (AvgIpc) is 2.89. The third kappa shape index (κ3) is 4.25. The highest BCUT2D eigenvalue weighted by Gasteiger charge is 2.37. The molecule has 1 aromatic carbocycles. The lowest BCUT2D eigenvalue weighted by molar-refractivity contribution is -0.137. The molecule has 8 heteroatoms. The molecule has 2 rings (SSSR count). The maximum absolute atomic E-state index is 12.7. The van der Waals surface area contributed by atoms with E-state index in [4.69, 9.17) is 4.74 Å². The highest BCUT2D eigenvalue weighted by atomic mass is 19.4. The van der Waals surface area contributed by atoms with Crippen LogP contribution in [-0.4, -0.2) is 43.0 Å². The molecule has 0 bridgehead atoms. The number of hydrogen-bond acceptors (Lipinski definition) is 3. The van der Waals surface area contributed by atoms with Crippen LogP contribution in [0.15, 0.2) is 24.3 Å². The Morgan fingerprint density at radius 3 is 2.79 bits per heavy atom.